The fourth-order valence-corrected chi connectivity index (χ4v) is 1.79. The Hall–Kier alpha value is -1.61. The van der Waals surface area contributed by atoms with Crippen LogP contribution in [0.25, 0.3) is 0 Å². The quantitative estimate of drug-likeness (QED) is 0.802. The zero-order valence-electron chi connectivity index (χ0n) is 9.01. The van der Waals surface area contributed by atoms with Crippen LogP contribution in [0, 0.1) is 0 Å². The van der Waals surface area contributed by atoms with Crippen LogP contribution in [0.3, 0.4) is 0 Å². The van der Waals surface area contributed by atoms with Gasteiger partial charge in [0, 0.05) is 7.05 Å². The van der Waals surface area contributed by atoms with Gasteiger partial charge in [0.15, 0.2) is 0 Å². The highest BCUT2D eigenvalue weighted by Gasteiger charge is 2.26. The molecule has 0 bridgehead atoms. The first-order valence-electron chi connectivity index (χ1n) is 4.93. The Morgan fingerprint density at radius 3 is 2.47 bits per heavy atom. The van der Waals surface area contributed by atoms with Gasteiger partial charge in [-0.15, -0.1) is 0 Å². The van der Waals surface area contributed by atoms with Gasteiger partial charge < -0.3 is 10.3 Å². The molecule has 1 aromatic carbocycles. The number of benzene rings is 1. The second-order valence-electron chi connectivity index (χ2n) is 3.96. The topological polar surface area (TPSA) is 43.8 Å². The highest BCUT2D eigenvalue weighted by atomic mass is 15.0. The second kappa shape index (κ2) is 3.51. The normalized spacial score (nSPS) is 14.9. The molecule has 0 aliphatic heterocycles. The molecule has 0 saturated heterocycles. The van der Waals surface area contributed by atoms with Gasteiger partial charge >= 0.3 is 0 Å². The minimum Gasteiger partial charge on any atom is -0.336 e. The standard InChI is InChI=1S/C12H15N3/c1-12(13,10-6-4-3-5-7-10)11-8-14-9-15(11)2/h3-9H,13H2,1-2H3. The predicted octanol–water partition coefficient (Wildman–Crippen LogP) is 1.64. The molecule has 1 aromatic heterocycles. The molecular weight excluding hydrogens is 186 g/mol. The lowest BCUT2D eigenvalue weighted by molar-refractivity contribution is 0.555. The van der Waals surface area contributed by atoms with Gasteiger partial charge in [-0.2, -0.15) is 0 Å². The molecule has 0 aliphatic carbocycles. The monoisotopic (exact) mass is 201 g/mol. The van der Waals surface area contributed by atoms with E-state index in [-0.39, 0.29) is 0 Å². The van der Waals surface area contributed by atoms with E-state index in [1.807, 2.05) is 55.1 Å². The van der Waals surface area contributed by atoms with Gasteiger partial charge in [0.05, 0.1) is 23.8 Å². The fraction of sp³-hybridized carbons (Fsp3) is 0.250. The number of hydrogen-bond donors (Lipinski definition) is 1. The Morgan fingerprint density at radius 2 is 1.93 bits per heavy atom. The van der Waals surface area contributed by atoms with Crippen LogP contribution in [0.5, 0.6) is 0 Å². The van der Waals surface area contributed by atoms with Crippen LogP contribution in [0.1, 0.15) is 18.2 Å². The third-order valence-corrected chi connectivity index (χ3v) is 2.72. The van der Waals surface area contributed by atoms with E-state index < -0.39 is 5.54 Å². The summed E-state index contributed by atoms with van der Waals surface area (Å²) in [4.78, 5) is 4.10. The molecule has 2 N–H and O–H groups in total. The Labute approximate surface area is 89.6 Å². The SMILES string of the molecule is Cn1cncc1C(C)(N)c1ccccc1. The van der Waals surface area contributed by atoms with Crippen LogP contribution in [0.4, 0.5) is 0 Å². The van der Waals surface area contributed by atoms with Crippen molar-refractivity contribution < 1.29 is 0 Å². The van der Waals surface area contributed by atoms with E-state index in [0.717, 1.165) is 11.3 Å². The van der Waals surface area contributed by atoms with E-state index in [1.165, 1.54) is 0 Å². The van der Waals surface area contributed by atoms with Crippen LogP contribution in [-0.2, 0) is 12.6 Å². The molecule has 0 spiro atoms. The minimum absolute atomic E-state index is 0.494. The summed E-state index contributed by atoms with van der Waals surface area (Å²) in [6, 6.07) is 10.1. The lowest BCUT2D eigenvalue weighted by atomic mass is 9.90. The van der Waals surface area contributed by atoms with Gasteiger partial charge in [0.1, 0.15) is 0 Å². The zero-order valence-corrected chi connectivity index (χ0v) is 9.01. The fourth-order valence-electron chi connectivity index (χ4n) is 1.79. The number of aryl methyl sites for hydroxylation is 1. The van der Waals surface area contributed by atoms with Gasteiger partial charge in [0.25, 0.3) is 0 Å². The molecule has 0 amide bonds. The average molecular weight is 201 g/mol. The van der Waals surface area contributed by atoms with Crippen molar-refractivity contribution in [3.63, 3.8) is 0 Å². The third-order valence-electron chi connectivity index (χ3n) is 2.72. The first-order valence-corrected chi connectivity index (χ1v) is 4.93. The summed E-state index contributed by atoms with van der Waals surface area (Å²) in [6.07, 6.45) is 3.58. The molecule has 15 heavy (non-hydrogen) atoms. The summed E-state index contributed by atoms with van der Waals surface area (Å²) in [5.74, 6) is 0. The van der Waals surface area contributed by atoms with E-state index in [0.29, 0.717) is 0 Å². The van der Waals surface area contributed by atoms with Gasteiger partial charge in [-0.1, -0.05) is 30.3 Å². The maximum Gasteiger partial charge on any atom is 0.0946 e. The van der Waals surface area contributed by atoms with Crippen LogP contribution >= 0.6 is 0 Å². The second-order valence-corrected chi connectivity index (χ2v) is 3.96. The average Bonchev–Trinajstić information content (AvgIpc) is 2.66. The van der Waals surface area contributed by atoms with Crippen molar-refractivity contribution in [1.29, 1.82) is 0 Å². The van der Waals surface area contributed by atoms with Crippen molar-refractivity contribution in [1.82, 2.24) is 9.55 Å². The molecule has 2 rings (SSSR count). The van der Waals surface area contributed by atoms with Gasteiger partial charge in [-0.25, -0.2) is 4.98 Å². The summed E-state index contributed by atoms with van der Waals surface area (Å²) >= 11 is 0. The molecule has 3 nitrogen and oxygen atoms in total. The Morgan fingerprint density at radius 1 is 1.27 bits per heavy atom. The van der Waals surface area contributed by atoms with Crippen LogP contribution in [0.15, 0.2) is 42.9 Å². The molecule has 1 heterocycles. The first kappa shape index (κ1) is 9.93. The summed E-state index contributed by atoms with van der Waals surface area (Å²) in [5, 5.41) is 0. The number of nitrogens with zero attached hydrogens (tertiary/aromatic N) is 2. The Bertz CT molecular complexity index is 443. The number of nitrogens with two attached hydrogens (primary N) is 1. The maximum absolute atomic E-state index is 6.34. The molecule has 0 saturated carbocycles. The lowest BCUT2D eigenvalue weighted by Crippen LogP contribution is -2.36. The molecule has 3 heteroatoms. The van der Waals surface area contributed by atoms with Crippen molar-refractivity contribution in [2.75, 3.05) is 0 Å². The summed E-state index contributed by atoms with van der Waals surface area (Å²) in [5.41, 5.74) is 7.95. The summed E-state index contributed by atoms with van der Waals surface area (Å²) in [7, 11) is 1.95. The minimum atomic E-state index is -0.494. The van der Waals surface area contributed by atoms with E-state index in [9.17, 15) is 0 Å². The highest BCUT2D eigenvalue weighted by molar-refractivity contribution is 5.32. The van der Waals surface area contributed by atoms with Crippen molar-refractivity contribution in [2.24, 2.45) is 12.8 Å². The molecule has 1 unspecified atom stereocenters. The number of aromatic nitrogens is 2. The van der Waals surface area contributed by atoms with Crippen molar-refractivity contribution in [3.05, 3.63) is 54.1 Å². The smallest absolute Gasteiger partial charge is 0.0946 e. The van der Waals surface area contributed by atoms with Crippen LogP contribution in [-0.4, -0.2) is 9.55 Å². The number of rotatable bonds is 2. The molecule has 1 atom stereocenters. The Balaban J connectivity index is 2.48. The van der Waals surface area contributed by atoms with Crippen molar-refractivity contribution >= 4 is 0 Å². The van der Waals surface area contributed by atoms with Gasteiger partial charge in [-0.05, 0) is 12.5 Å². The maximum atomic E-state index is 6.34. The molecule has 0 radical (unpaired) electrons. The zero-order chi connectivity index (χ0) is 10.9. The predicted molar refractivity (Wildman–Crippen MR) is 60.3 cm³/mol. The van der Waals surface area contributed by atoms with Crippen molar-refractivity contribution in [2.45, 2.75) is 12.5 Å². The van der Waals surface area contributed by atoms with Gasteiger partial charge in [0.2, 0.25) is 0 Å². The van der Waals surface area contributed by atoms with E-state index in [4.69, 9.17) is 5.73 Å². The van der Waals surface area contributed by atoms with E-state index in [1.54, 1.807) is 6.33 Å². The molecule has 0 aliphatic rings. The van der Waals surface area contributed by atoms with E-state index in [2.05, 4.69) is 4.98 Å². The molecule has 2 aromatic rings. The van der Waals surface area contributed by atoms with Crippen LogP contribution in [0.2, 0.25) is 0 Å². The van der Waals surface area contributed by atoms with Gasteiger partial charge in [-0.3, -0.25) is 0 Å². The molecule has 0 fully saturated rings. The first-order chi connectivity index (χ1) is 7.12. The molecular formula is C12H15N3. The van der Waals surface area contributed by atoms with Crippen LogP contribution < -0.4 is 5.73 Å². The lowest BCUT2D eigenvalue weighted by Gasteiger charge is -2.25. The Kier molecular flexibility index (Phi) is 2.32. The van der Waals surface area contributed by atoms with Crippen molar-refractivity contribution in [3.8, 4) is 0 Å². The summed E-state index contributed by atoms with van der Waals surface area (Å²) < 4.78 is 1.95. The number of imidazole rings is 1. The number of hydrogen-bond acceptors (Lipinski definition) is 2. The highest BCUT2D eigenvalue weighted by Crippen LogP contribution is 2.25. The largest absolute Gasteiger partial charge is 0.336 e. The third kappa shape index (κ3) is 1.66. The summed E-state index contributed by atoms with van der Waals surface area (Å²) in [6.45, 7) is 2.00. The molecule has 78 valence electrons. The van der Waals surface area contributed by atoms with E-state index >= 15 is 0 Å².